The van der Waals surface area contributed by atoms with Gasteiger partial charge in [0.2, 0.25) is 10.0 Å². The van der Waals surface area contributed by atoms with Gasteiger partial charge in [-0.25, -0.2) is 13.1 Å². The normalized spacial score (nSPS) is 15.2. The van der Waals surface area contributed by atoms with Crippen LogP contribution in [0.1, 0.15) is 37.7 Å². The number of allylic oxidation sites excluding steroid dienone is 1. The van der Waals surface area contributed by atoms with E-state index in [0.29, 0.717) is 23.6 Å². The molecule has 1 aliphatic carbocycles. The maximum atomic E-state index is 12.5. The van der Waals surface area contributed by atoms with E-state index in [2.05, 4.69) is 10.8 Å². The van der Waals surface area contributed by atoms with Crippen LogP contribution >= 0.6 is 0 Å². The Morgan fingerprint density at radius 2 is 1.83 bits per heavy atom. The zero-order valence-electron chi connectivity index (χ0n) is 14.0. The first kappa shape index (κ1) is 17.8. The fraction of sp³-hybridized carbons (Fsp3) is 0.529. The molecule has 0 bridgehead atoms. The molecule has 0 radical (unpaired) electrons. The fourth-order valence-corrected chi connectivity index (χ4v) is 4.08. The highest BCUT2D eigenvalue weighted by Gasteiger charge is 2.20. The number of rotatable bonds is 7. The van der Waals surface area contributed by atoms with Gasteiger partial charge < -0.3 is 9.47 Å². The summed E-state index contributed by atoms with van der Waals surface area (Å²) in [4.78, 5) is 0.229. The van der Waals surface area contributed by atoms with Crippen LogP contribution in [0.4, 0.5) is 0 Å². The number of aryl methyl sites for hydroxylation is 1. The highest BCUT2D eigenvalue weighted by molar-refractivity contribution is 7.89. The molecule has 0 saturated heterocycles. The van der Waals surface area contributed by atoms with Crippen molar-refractivity contribution in [2.45, 2.75) is 43.9 Å². The average Bonchev–Trinajstić information content (AvgIpc) is 2.55. The molecule has 0 heterocycles. The van der Waals surface area contributed by atoms with Crippen molar-refractivity contribution in [3.8, 4) is 11.5 Å². The molecule has 0 saturated carbocycles. The third kappa shape index (κ3) is 4.48. The largest absolute Gasteiger partial charge is 0.493 e. The van der Waals surface area contributed by atoms with Gasteiger partial charge in [-0.1, -0.05) is 11.6 Å². The standard InChI is InChI=1S/C17H25NO4S/c1-13-11-15(21-2)16(22-3)12-17(13)23(19,20)18-10-9-14-7-5-4-6-8-14/h7,11-12,18H,4-6,8-10H2,1-3H3. The lowest BCUT2D eigenvalue weighted by molar-refractivity contribution is 0.353. The van der Waals surface area contributed by atoms with Crippen LogP contribution in [0.15, 0.2) is 28.7 Å². The third-order valence-corrected chi connectivity index (χ3v) is 5.70. The van der Waals surface area contributed by atoms with Gasteiger partial charge in [0.15, 0.2) is 11.5 Å². The van der Waals surface area contributed by atoms with Crippen LogP contribution in [0, 0.1) is 6.92 Å². The Bertz CT molecular complexity index is 680. The molecule has 0 atom stereocenters. The van der Waals surface area contributed by atoms with Crippen LogP contribution in [0.5, 0.6) is 11.5 Å². The van der Waals surface area contributed by atoms with E-state index in [4.69, 9.17) is 9.47 Å². The summed E-state index contributed by atoms with van der Waals surface area (Å²) in [6.07, 6.45) is 7.63. The first-order valence-corrected chi connectivity index (χ1v) is 9.36. The van der Waals surface area contributed by atoms with Gasteiger partial charge in [0.1, 0.15) is 0 Å². The first-order valence-electron chi connectivity index (χ1n) is 7.88. The highest BCUT2D eigenvalue weighted by Crippen LogP contribution is 2.32. The average molecular weight is 339 g/mol. The SMILES string of the molecule is COc1cc(C)c(S(=O)(=O)NCCC2=CCCCC2)cc1OC. The van der Waals surface area contributed by atoms with Gasteiger partial charge in [-0.15, -0.1) is 0 Å². The molecular weight excluding hydrogens is 314 g/mol. The molecule has 0 unspecified atom stereocenters. The Morgan fingerprint density at radius 3 is 2.43 bits per heavy atom. The zero-order chi connectivity index (χ0) is 16.9. The van der Waals surface area contributed by atoms with Gasteiger partial charge >= 0.3 is 0 Å². The second-order valence-electron chi connectivity index (χ2n) is 5.73. The number of hydrogen-bond donors (Lipinski definition) is 1. The van der Waals surface area contributed by atoms with Gasteiger partial charge in [0, 0.05) is 12.6 Å². The lowest BCUT2D eigenvalue weighted by Crippen LogP contribution is -2.26. The lowest BCUT2D eigenvalue weighted by atomic mass is 9.97. The summed E-state index contributed by atoms with van der Waals surface area (Å²) >= 11 is 0. The summed E-state index contributed by atoms with van der Waals surface area (Å²) < 4.78 is 38.2. The van der Waals surface area contributed by atoms with Crippen LogP contribution < -0.4 is 14.2 Å². The molecule has 5 nitrogen and oxygen atoms in total. The first-order chi connectivity index (χ1) is 11.0. The fourth-order valence-electron chi connectivity index (χ4n) is 2.81. The van der Waals surface area contributed by atoms with E-state index in [1.807, 2.05) is 0 Å². The summed E-state index contributed by atoms with van der Waals surface area (Å²) in [7, 11) is -0.540. The van der Waals surface area contributed by atoms with Gasteiger partial charge in [-0.05, 0) is 50.7 Å². The van der Waals surface area contributed by atoms with E-state index in [0.717, 1.165) is 19.3 Å². The van der Waals surface area contributed by atoms with E-state index in [1.165, 1.54) is 38.7 Å². The molecule has 23 heavy (non-hydrogen) atoms. The Balaban J connectivity index is 2.11. The van der Waals surface area contributed by atoms with E-state index >= 15 is 0 Å². The molecule has 1 aromatic rings. The summed E-state index contributed by atoms with van der Waals surface area (Å²) in [5, 5.41) is 0. The second kappa shape index (κ2) is 7.84. The highest BCUT2D eigenvalue weighted by atomic mass is 32.2. The summed E-state index contributed by atoms with van der Waals surface area (Å²) in [5.41, 5.74) is 1.98. The summed E-state index contributed by atoms with van der Waals surface area (Å²) in [6, 6.07) is 3.19. The minimum absolute atomic E-state index is 0.229. The Kier molecular flexibility index (Phi) is 6.07. The predicted molar refractivity (Wildman–Crippen MR) is 90.6 cm³/mol. The second-order valence-corrected chi connectivity index (χ2v) is 7.46. The molecule has 0 aromatic heterocycles. The van der Waals surface area contributed by atoms with Gasteiger partial charge in [0.25, 0.3) is 0 Å². The Hall–Kier alpha value is -1.53. The molecule has 128 valence electrons. The number of hydrogen-bond acceptors (Lipinski definition) is 4. The maximum absolute atomic E-state index is 12.5. The summed E-state index contributed by atoms with van der Waals surface area (Å²) in [5.74, 6) is 0.935. The molecule has 0 amide bonds. The molecule has 1 N–H and O–H groups in total. The summed E-state index contributed by atoms with van der Waals surface area (Å²) in [6.45, 7) is 2.17. The molecule has 1 aromatic carbocycles. The minimum atomic E-state index is -3.56. The zero-order valence-corrected chi connectivity index (χ0v) is 14.8. The van der Waals surface area contributed by atoms with E-state index in [1.54, 1.807) is 13.0 Å². The van der Waals surface area contributed by atoms with Gasteiger partial charge in [-0.3, -0.25) is 0 Å². The van der Waals surface area contributed by atoms with Crippen molar-refractivity contribution in [1.29, 1.82) is 0 Å². The van der Waals surface area contributed by atoms with Crippen molar-refractivity contribution >= 4 is 10.0 Å². The van der Waals surface area contributed by atoms with Crippen LogP contribution in [0.25, 0.3) is 0 Å². The molecular formula is C17H25NO4S. The molecule has 1 aliphatic rings. The van der Waals surface area contributed by atoms with Gasteiger partial charge in [0.05, 0.1) is 19.1 Å². The predicted octanol–water partition coefficient (Wildman–Crippen LogP) is 3.18. The van der Waals surface area contributed by atoms with Gasteiger partial charge in [-0.2, -0.15) is 0 Å². The number of methoxy groups -OCH3 is 2. The van der Waals surface area contributed by atoms with Crippen molar-refractivity contribution in [1.82, 2.24) is 4.72 Å². The maximum Gasteiger partial charge on any atom is 0.240 e. The van der Waals surface area contributed by atoms with E-state index in [-0.39, 0.29) is 4.90 Å². The van der Waals surface area contributed by atoms with Crippen molar-refractivity contribution in [2.24, 2.45) is 0 Å². The Labute approximate surface area is 138 Å². The van der Waals surface area contributed by atoms with E-state index in [9.17, 15) is 8.42 Å². The quantitative estimate of drug-likeness (QED) is 0.775. The Morgan fingerprint density at radius 1 is 1.13 bits per heavy atom. The number of benzene rings is 1. The smallest absolute Gasteiger partial charge is 0.240 e. The minimum Gasteiger partial charge on any atom is -0.493 e. The van der Waals surface area contributed by atoms with Crippen molar-refractivity contribution < 1.29 is 17.9 Å². The molecule has 0 spiro atoms. The third-order valence-electron chi connectivity index (χ3n) is 4.09. The number of ether oxygens (including phenoxy) is 2. The van der Waals surface area contributed by atoms with Crippen LogP contribution in [-0.4, -0.2) is 29.2 Å². The molecule has 2 rings (SSSR count). The molecule has 6 heteroatoms. The van der Waals surface area contributed by atoms with Crippen molar-refractivity contribution in [3.05, 3.63) is 29.3 Å². The van der Waals surface area contributed by atoms with Crippen LogP contribution in [-0.2, 0) is 10.0 Å². The topological polar surface area (TPSA) is 64.6 Å². The molecule has 0 fully saturated rings. The monoisotopic (exact) mass is 339 g/mol. The van der Waals surface area contributed by atoms with Crippen LogP contribution in [0.2, 0.25) is 0 Å². The molecule has 0 aliphatic heterocycles. The van der Waals surface area contributed by atoms with Crippen LogP contribution in [0.3, 0.4) is 0 Å². The van der Waals surface area contributed by atoms with Crippen molar-refractivity contribution in [3.63, 3.8) is 0 Å². The van der Waals surface area contributed by atoms with Crippen molar-refractivity contribution in [2.75, 3.05) is 20.8 Å². The lowest BCUT2D eigenvalue weighted by Gasteiger charge is -2.15. The number of sulfonamides is 1. The van der Waals surface area contributed by atoms with E-state index < -0.39 is 10.0 Å². The number of nitrogens with one attached hydrogen (secondary N) is 1.